The van der Waals surface area contributed by atoms with Gasteiger partial charge in [-0.05, 0) is 18.1 Å². The number of pyridine rings is 1. The first kappa shape index (κ1) is 13.7. The highest BCUT2D eigenvalue weighted by atomic mass is 16.3. The van der Waals surface area contributed by atoms with Gasteiger partial charge >= 0.3 is 0 Å². The lowest BCUT2D eigenvalue weighted by molar-refractivity contribution is 0.169. The second-order valence-electron chi connectivity index (χ2n) is 4.58. The minimum Gasteiger partial charge on any atom is -0.387 e. The van der Waals surface area contributed by atoms with Gasteiger partial charge in [-0.15, -0.1) is 0 Å². The van der Waals surface area contributed by atoms with Crippen LogP contribution in [0.5, 0.6) is 0 Å². The summed E-state index contributed by atoms with van der Waals surface area (Å²) in [6.07, 6.45) is 3.88. The second kappa shape index (κ2) is 7.02. The maximum Gasteiger partial charge on any atom is 0.0929 e. The number of aromatic nitrogens is 1. The number of nitrogens with one attached hydrogen (secondary N) is 1. The van der Waals surface area contributed by atoms with E-state index in [-0.39, 0.29) is 6.04 Å². The second-order valence-corrected chi connectivity index (χ2v) is 4.58. The number of aliphatic hydroxyl groups is 1. The molecule has 0 aliphatic heterocycles. The summed E-state index contributed by atoms with van der Waals surface area (Å²) in [6.45, 7) is 2.67. The Morgan fingerprint density at radius 1 is 1.11 bits per heavy atom. The average molecular weight is 256 g/mol. The molecule has 0 aliphatic carbocycles. The number of aliphatic hydroxyl groups excluding tert-OH is 1. The highest BCUT2D eigenvalue weighted by Gasteiger charge is 2.12. The summed E-state index contributed by atoms with van der Waals surface area (Å²) in [4.78, 5) is 4.02. The van der Waals surface area contributed by atoms with Crippen LogP contribution < -0.4 is 5.32 Å². The molecule has 0 amide bonds. The number of hydrogen-bond acceptors (Lipinski definition) is 3. The molecule has 0 aliphatic rings. The van der Waals surface area contributed by atoms with Crippen molar-refractivity contribution in [1.29, 1.82) is 0 Å². The Morgan fingerprint density at radius 3 is 2.47 bits per heavy atom. The molecule has 19 heavy (non-hydrogen) atoms. The predicted octanol–water partition coefficient (Wildman–Crippen LogP) is 2.86. The predicted molar refractivity (Wildman–Crippen MR) is 76.7 cm³/mol. The van der Waals surface area contributed by atoms with Crippen LogP contribution in [-0.4, -0.2) is 16.6 Å². The van der Waals surface area contributed by atoms with Gasteiger partial charge in [-0.3, -0.25) is 4.98 Å². The van der Waals surface area contributed by atoms with E-state index in [1.807, 2.05) is 30.3 Å². The number of benzene rings is 1. The third-order valence-electron chi connectivity index (χ3n) is 3.24. The molecule has 1 aromatic heterocycles. The molecule has 2 atom stereocenters. The molecule has 3 heteroatoms. The van der Waals surface area contributed by atoms with Crippen LogP contribution in [0.1, 0.15) is 36.6 Å². The van der Waals surface area contributed by atoms with Crippen LogP contribution in [0.25, 0.3) is 0 Å². The molecule has 0 saturated heterocycles. The Bertz CT molecular complexity index is 473. The molecule has 0 bridgehead atoms. The number of hydrogen-bond donors (Lipinski definition) is 2. The summed E-state index contributed by atoms with van der Waals surface area (Å²) in [6, 6.07) is 14.3. The highest BCUT2D eigenvalue weighted by molar-refractivity contribution is 5.19. The Hall–Kier alpha value is -1.71. The molecule has 0 spiro atoms. The lowest BCUT2D eigenvalue weighted by Crippen LogP contribution is -2.26. The van der Waals surface area contributed by atoms with E-state index in [9.17, 15) is 5.11 Å². The van der Waals surface area contributed by atoms with Gasteiger partial charge in [0.25, 0.3) is 0 Å². The van der Waals surface area contributed by atoms with Crippen molar-refractivity contribution in [3.63, 3.8) is 0 Å². The van der Waals surface area contributed by atoms with E-state index in [1.54, 1.807) is 12.4 Å². The summed E-state index contributed by atoms with van der Waals surface area (Å²) in [7, 11) is 0. The van der Waals surface area contributed by atoms with E-state index < -0.39 is 6.10 Å². The lowest BCUT2D eigenvalue weighted by atomic mass is 10.0. The lowest BCUT2D eigenvalue weighted by Gasteiger charge is -2.20. The van der Waals surface area contributed by atoms with Crippen molar-refractivity contribution in [2.45, 2.75) is 25.5 Å². The average Bonchev–Trinajstić information content (AvgIpc) is 2.49. The van der Waals surface area contributed by atoms with E-state index in [4.69, 9.17) is 0 Å². The molecule has 0 unspecified atom stereocenters. The zero-order chi connectivity index (χ0) is 13.5. The van der Waals surface area contributed by atoms with E-state index in [1.165, 1.54) is 5.56 Å². The van der Waals surface area contributed by atoms with Gasteiger partial charge in [-0.25, -0.2) is 0 Å². The normalized spacial score (nSPS) is 14.0. The van der Waals surface area contributed by atoms with E-state index in [2.05, 4.69) is 29.4 Å². The van der Waals surface area contributed by atoms with Gasteiger partial charge in [0, 0.05) is 30.5 Å². The van der Waals surface area contributed by atoms with E-state index >= 15 is 0 Å². The van der Waals surface area contributed by atoms with Gasteiger partial charge in [0.05, 0.1) is 6.10 Å². The minimum absolute atomic E-state index is 0.271. The largest absolute Gasteiger partial charge is 0.387 e. The summed E-state index contributed by atoms with van der Waals surface area (Å²) in [5.41, 5.74) is 2.10. The van der Waals surface area contributed by atoms with Crippen molar-refractivity contribution in [2.24, 2.45) is 0 Å². The van der Waals surface area contributed by atoms with Crippen molar-refractivity contribution in [3.8, 4) is 0 Å². The molecule has 1 aromatic carbocycles. The summed E-state index contributed by atoms with van der Waals surface area (Å²) >= 11 is 0. The van der Waals surface area contributed by atoms with Crippen molar-refractivity contribution in [2.75, 3.05) is 6.54 Å². The van der Waals surface area contributed by atoms with Crippen molar-refractivity contribution in [3.05, 3.63) is 66.0 Å². The molecule has 100 valence electrons. The summed E-state index contributed by atoms with van der Waals surface area (Å²) in [5, 5.41) is 13.5. The van der Waals surface area contributed by atoms with E-state index in [0.717, 1.165) is 12.0 Å². The molecule has 0 fully saturated rings. The number of nitrogens with zero attached hydrogens (tertiary/aromatic N) is 1. The van der Waals surface area contributed by atoms with Crippen LogP contribution in [0, 0.1) is 0 Å². The topological polar surface area (TPSA) is 45.1 Å². The molecule has 2 N–H and O–H groups in total. The fourth-order valence-corrected chi connectivity index (χ4v) is 2.13. The van der Waals surface area contributed by atoms with Gasteiger partial charge in [0.1, 0.15) is 0 Å². The standard InChI is InChI=1S/C16H20N2O/c1-2-15(13-7-4-3-5-8-13)18-12-16(19)14-9-6-10-17-11-14/h3-11,15-16,18-19H,2,12H2,1H3/t15-,16+/m0/s1. The Kier molecular flexibility index (Phi) is 5.07. The molecular formula is C16H20N2O. The number of rotatable bonds is 6. The third-order valence-corrected chi connectivity index (χ3v) is 3.24. The van der Waals surface area contributed by atoms with Gasteiger partial charge in [-0.1, -0.05) is 43.3 Å². The molecule has 2 aromatic rings. The summed E-state index contributed by atoms with van der Waals surface area (Å²) < 4.78 is 0. The SMILES string of the molecule is CC[C@H](NC[C@@H](O)c1cccnc1)c1ccccc1. The fraction of sp³-hybridized carbons (Fsp3) is 0.312. The molecule has 3 nitrogen and oxygen atoms in total. The monoisotopic (exact) mass is 256 g/mol. The maximum atomic E-state index is 10.1. The fourth-order valence-electron chi connectivity index (χ4n) is 2.13. The van der Waals surface area contributed by atoms with Crippen LogP contribution in [0.2, 0.25) is 0 Å². The van der Waals surface area contributed by atoms with E-state index in [0.29, 0.717) is 6.54 Å². The third kappa shape index (κ3) is 3.88. The van der Waals surface area contributed by atoms with Gasteiger partial charge in [0.15, 0.2) is 0 Å². The Labute approximate surface area is 114 Å². The summed E-state index contributed by atoms with van der Waals surface area (Å²) in [5.74, 6) is 0. The van der Waals surface area contributed by atoms with Crippen LogP contribution >= 0.6 is 0 Å². The maximum absolute atomic E-state index is 10.1. The molecule has 1 heterocycles. The zero-order valence-electron chi connectivity index (χ0n) is 11.2. The van der Waals surface area contributed by atoms with Gasteiger partial charge in [0.2, 0.25) is 0 Å². The highest BCUT2D eigenvalue weighted by Crippen LogP contribution is 2.17. The molecular weight excluding hydrogens is 236 g/mol. The van der Waals surface area contributed by atoms with Crippen molar-refractivity contribution in [1.82, 2.24) is 10.3 Å². The van der Waals surface area contributed by atoms with Gasteiger partial charge < -0.3 is 10.4 Å². The molecule has 2 rings (SSSR count). The first-order valence-corrected chi connectivity index (χ1v) is 6.67. The molecule has 0 radical (unpaired) electrons. The van der Waals surface area contributed by atoms with Crippen LogP contribution in [0.4, 0.5) is 0 Å². The van der Waals surface area contributed by atoms with Gasteiger partial charge in [-0.2, -0.15) is 0 Å². The van der Waals surface area contributed by atoms with Crippen molar-refractivity contribution >= 4 is 0 Å². The van der Waals surface area contributed by atoms with Crippen LogP contribution in [-0.2, 0) is 0 Å². The first-order chi connectivity index (χ1) is 9.31. The Morgan fingerprint density at radius 2 is 1.84 bits per heavy atom. The van der Waals surface area contributed by atoms with Crippen LogP contribution in [0.3, 0.4) is 0 Å². The zero-order valence-corrected chi connectivity index (χ0v) is 11.2. The minimum atomic E-state index is -0.522. The van der Waals surface area contributed by atoms with Crippen molar-refractivity contribution < 1.29 is 5.11 Å². The quantitative estimate of drug-likeness (QED) is 0.835. The Balaban J connectivity index is 1.94. The smallest absolute Gasteiger partial charge is 0.0929 e. The first-order valence-electron chi connectivity index (χ1n) is 6.67. The van der Waals surface area contributed by atoms with Crippen LogP contribution in [0.15, 0.2) is 54.9 Å². The molecule has 0 saturated carbocycles.